The molecule has 2 aromatic carbocycles. The van der Waals surface area contributed by atoms with Crippen molar-refractivity contribution in [3.63, 3.8) is 0 Å². The van der Waals surface area contributed by atoms with Crippen LogP contribution in [-0.4, -0.2) is 16.7 Å². The first-order valence-electron chi connectivity index (χ1n) is 10.5. The molecule has 0 bridgehead atoms. The lowest BCUT2D eigenvalue weighted by molar-refractivity contribution is 0.402. The summed E-state index contributed by atoms with van der Waals surface area (Å²) in [6, 6.07) is 15.7. The van der Waals surface area contributed by atoms with Gasteiger partial charge in [0.05, 0.1) is 13.3 Å². The normalized spacial score (nSPS) is 12.4. The van der Waals surface area contributed by atoms with E-state index in [9.17, 15) is 4.79 Å². The van der Waals surface area contributed by atoms with Gasteiger partial charge in [-0.15, -0.1) is 0 Å². The summed E-state index contributed by atoms with van der Waals surface area (Å²) in [6.45, 7) is 3.07. The van der Waals surface area contributed by atoms with Gasteiger partial charge >= 0.3 is 5.56 Å². The van der Waals surface area contributed by atoms with Crippen LogP contribution in [0.4, 0.5) is 5.95 Å². The molecule has 32 heavy (non-hydrogen) atoms. The number of anilines is 1. The lowest BCUT2D eigenvalue weighted by atomic mass is 10.1. The molecule has 0 aliphatic heterocycles. The van der Waals surface area contributed by atoms with Gasteiger partial charge in [-0.2, -0.15) is 4.98 Å². The number of ether oxygens (including phenoxy) is 2. The van der Waals surface area contributed by atoms with Crippen LogP contribution in [0, 0.1) is 18.8 Å². The number of hydrogen-bond acceptors (Lipinski definition) is 5. The second-order valence-electron chi connectivity index (χ2n) is 7.57. The maximum Gasteiger partial charge on any atom is 0.316 e. The zero-order valence-electron chi connectivity index (χ0n) is 18.2. The number of hydrogen-bond donors (Lipinski definition) is 1. The number of nitrogens with zero attached hydrogens (tertiary/aromatic N) is 2. The van der Waals surface area contributed by atoms with E-state index in [2.05, 4.69) is 22.1 Å². The molecule has 1 N–H and O–H groups in total. The average Bonchev–Trinajstić information content (AvgIpc) is 2.82. The van der Waals surface area contributed by atoms with Crippen molar-refractivity contribution in [1.29, 1.82) is 0 Å². The third kappa shape index (κ3) is 5.19. The van der Waals surface area contributed by atoms with Gasteiger partial charge in [-0.1, -0.05) is 47.7 Å². The zero-order valence-corrected chi connectivity index (χ0v) is 18.2. The SMILES string of the molecule is COc1cn(CC2=CC#CCC2)c(NCc2ccccc2Oc2ccc(C)cc2)nc1=O. The largest absolute Gasteiger partial charge is 0.490 e. The lowest BCUT2D eigenvalue weighted by Crippen LogP contribution is -2.20. The van der Waals surface area contributed by atoms with Crippen molar-refractivity contribution in [2.75, 3.05) is 12.4 Å². The van der Waals surface area contributed by atoms with Gasteiger partial charge in [-0.05, 0) is 43.2 Å². The predicted octanol–water partition coefficient (Wildman–Crippen LogP) is 4.69. The van der Waals surface area contributed by atoms with Gasteiger partial charge in [-0.25, -0.2) is 0 Å². The van der Waals surface area contributed by atoms with Crippen molar-refractivity contribution >= 4 is 5.95 Å². The summed E-state index contributed by atoms with van der Waals surface area (Å²) < 4.78 is 13.2. The molecule has 0 unspecified atom stereocenters. The van der Waals surface area contributed by atoms with Gasteiger partial charge in [0.15, 0.2) is 0 Å². The summed E-state index contributed by atoms with van der Waals surface area (Å²) in [4.78, 5) is 16.5. The molecule has 1 aliphatic rings. The van der Waals surface area contributed by atoms with E-state index in [1.165, 1.54) is 18.2 Å². The molecular formula is C26H25N3O3. The van der Waals surface area contributed by atoms with Crippen LogP contribution in [0.2, 0.25) is 0 Å². The first-order valence-corrected chi connectivity index (χ1v) is 10.5. The Labute approximate surface area is 187 Å². The highest BCUT2D eigenvalue weighted by molar-refractivity contribution is 5.41. The van der Waals surface area contributed by atoms with E-state index in [-0.39, 0.29) is 5.75 Å². The average molecular weight is 428 g/mol. The number of nitrogens with one attached hydrogen (secondary N) is 1. The van der Waals surface area contributed by atoms with E-state index in [1.54, 1.807) is 6.20 Å². The van der Waals surface area contributed by atoms with Crippen molar-refractivity contribution in [2.24, 2.45) is 0 Å². The van der Waals surface area contributed by atoms with Crippen LogP contribution in [-0.2, 0) is 13.1 Å². The molecule has 162 valence electrons. The highest BCUT2D eigenvalue weighted by Crippen LogP contribution is 2.26. The Kier molecular flexibility index (Phi) is 6.57. The molecule has 3 aromatic rings. The molecule has 0 radical (unpaired) electrons. The third-order valence-electron chi connectivity index (χ3n) is 5.16. The Bertz CT molecular complexity index is 1250. The Morgan fingerprint density at radius 2 is 1.94 bits per heavy atom. The quantitative estimate of drug-likeness (QED) is 0.529. The van der Waals surface area contributed by atoms with Crippen LogP contribution in [0.5, 0.6) is 17.2 Å². The van der Waals surface area contributed by atoms with E-state index in [0.29, 0.717) is 19.0 Å². The highest BCUT2D eigenvalue weighted by Gasteiger charge is 2.12. The van der Waals surface area contributed by atoms with E-state index >= 15 is 0 Å². The van der Waals surface area contributed by atoms with Crippen LogP contribution in [0.3, 0.4) is 0 Å². The molecule has 1 heterocycles. The fourth-order valence-corrected chi connectivity index (χ4v) is 3.40. The van der Waals surface area contributed by atoms with Crippen molar-refractivity contribution in [1.82, 2.24) is 9.55 Å². The minimum Gasteiger partial charge on any atom is -0.490 e. The number of methoxy groups -OCH3 is 1. The minimum absolute atomic E-state index is 0.209. The van der Waals surface area contributed by atoms with Gasteiger partial charge in [0.25, 0.3) is 0 Å². The van der Waals surface area contributed by atoms with Crippen LogP contribution in [0.15, 0.2) is 71.2 Å². The van der Waals surface area contributed by atoms with Gasteiger partial charge in [0.1, 0.15) is 11.5 Å². The molecule has 0 saturated carbocycles. The number of aryl methyl sites for hydroxylation is 1. The van der Waals surface area contributed by atoms with Crippen LogP contribution in [0.1, 0.15) is 24.0 Å². The fraction of sp³-hybridized carbons (Fsp3) is 0.231. The summed E-state index contributed by atoms with van der Waals surface area (Å²) in [5, 5.41) is 3.30. The number of rotatable bonds is 8. The number of benzene rings is 2. The van der Waals surface area contributed by atoms with Crippen molar-refractivity contribution in [3.05, 3.63) is 87.9 Å². The van der Waals surface area contributed by atoms with Crippen molar-refractivity contribution < 1.29 is 9.47 Å². The van der Waals surface area contributed by atoms with Crippen LogP contribution in [0.25, 0.3) is 0 Å². The Hall–Kier alpha value is -3.98. The zero-order chi connectivity index (χ0) is 22.3. The number of para-hydroxylation sites is 1. The smallest absolute Gasteiger partial charge is 0.316 e. The van der Waals surface area contributed by atoms with Gasteiger partial charge in [-0.3, -0.25) is 4.79 Å². The standard InChI is InChI=1S/C26H25N3O3/c1-19-12-14-22(15-13-19)32-23-11-7-6-10-21(23)16-27-26-28-25(30)24(31-2)18-29(26)17-20-8-4-3-5-9-20/h6-7,9-15,18H,4,8,16-17H2,1-2H3,(H,27,28,30). The summed E-state index contributed by atoms with van der Waals surface area (Å²) in [5.74, 6) is 8.30. The fourth-order valence-electron chi connectivity index (χ4n) is 3.40. The van der Waals surface area contributed by atoms with Crippen LogP contribution >= 0.6 is 0 Å². The molecular weight excluding hydrogens is 402 g/mol. The molecule has 0 atom stereocenters. The summed E-state index contributed by atoms with van der Waals surface area (Å²) in [5.41, 5.74) is 2.90. The predicted molar refractivity (Wildman–Crippen MR) is 125 cm³/mol. The maximum atomic E-state index is 12.3. The molecule has 4 rings (SSSR count). The molecule has 6 nitrogen and oxygen atoms in total. The minimum atomic E-state index is -0.409. The van der Waals surface area contributed by atoms with Crippen molar-refractivity contribution in [2.45, 2.75) is 32.9 Å². The second kappa shape index (κ2) is 9.88. The summed E-state index contributed by atoms with van der Waals surface area (Å²) >= 11 is 0. The number of aromatic nitrogens is 2. The molecule has 0 amide bonds. The first-order chi connectivity index (χ1) is 15.6. The molecule has 1 aliphatic carbocycles. The van der Waals surface area contributed by atoms with E-state index in [0.717, 1.165) is 29.9 Å². The molecule has 0 fully saturated rings. The highest BCUT2D eigenvalue weighted by atomic mass is 16.5. The molecule has 6 heteroatoms. The van der Waals surface area contributed by atoms with Gasteiger partial charge in [0.2, 0.25) is 11.7 Å². The molecule has 1 aromatic heterocycles. The van der Waals surface area contributed by atoms with Gasteiger partial charge < -0.3 is 19.4 Å². The second-order valence-corrected chi connectivity index (χ2v) is 7.57. The maximum absolute atomic E-state index is 12.3. The van der Waals surface area contributed by atoms with Crippen LogP contribution < -0.4 is 20.3 Å². The Balaban J connectivity index is 1.56. The summed E-state index contributed by atoms with van der Waals surface area (Å²) in [6.07, 6.45) is 5.36. The lowest BCUT2D eigenvalue weighted by Gasteiger charge is -2.18. The molecule has 0 spiro atoms. The van der Waals surface area contributed by atoms with E-state index < -0.39 is 5.56 Å². The Morgan fingerprint density at radius 1 is 1.12 bits per heavy atom. The van der Waals surface area contributed by atoms with E-state index in [4.69, 9.17) is 9.47 Å². The number of allylic oxidation sites excluding steroid dienone is 2. The summed E-state index contributed by atoms with van der Waals surface area (Å²) in [7, 11) is 1.47. The molecule has 0 saturated heterocycles. The topological polar surface area (TPSA) is 65.4 Å². The monoisotopic (exact) mass is 427 g/mol. The first kappa shape index (κ1) is 21.3. The third-order valence-corrected chi connectivity index (χ3v) is 5.16. The van der Waals surface area contributed by atoms with E-state index in [1.807, 2.05) is 66.1 Å². The van der Waals surface area contributed by atoms with Crippen molar-refractivity contribution in [3.8, 4) is 29.1 Å². The Morgan fingerprint density at radius 3 is 2.69 bits per heavy atom. The van der Waals surface area contributed by atoms with Gasteiger partial charge in [0, 0.05) is 25.1 Å².